The third-order valence-electron chi connectivity index (χ3n) is 5.64. The summed E-state index contributed by atoms with van der Waals surface area (Å²) in [5.41, 5.74) is -1.00. The van der Waals surface area contributed by atoms with Crippen LogP contribution < -0.4 is 10.6 Å². The van der Waals surface area contributed by atoms with Gasteiger partial charge in [-0.15, -0.1) is 0 Å². The quantitative estimate of drug-likeness (QED) is 0.192. The van der Waals surface area contributed by atoms with E-state index in [2.05, 4.69) is 10.6 Å². The number of rotatable bonds is 10. The molecule has 3 aromatic carbocycles. The van der Waals surface area contributed by atoms with Crippen LogP contribution >= 0.6 is 0 Å². The van der Waals surface area contributed by atoms with Gasteiger partial charge in [0.05, 0.1) is 41.4 Å². The van der Waals surface area contributed by atoms with E-state index in [4.69, 9.17) is 9.47 Å². The van der Waals surface area contributed by atoms with Gasteiger partial charge in [0, 0.05) is 24.2 Å². The minimum absolute atomic E-state index is 0.0159. The fourth-order valence-electron chi connectivity index (χ4n) is 3.72. The third-order valence-corrected chi connectivity index (χ3v) is 5.64. The first-order valence-electron chi connectivity index (χ1n) is 11.5. The van der Waals surface area contributed by atoms with Crippen LogP contribution in [-0.4, -0.2) is 60.0 Å². The van der Waals surface area contributed by atoms with Crippen molar-refractivity contribution in [1.82, 2.24) is 5.32 Å². The minimum Gasteiger partial charge on any atom is -0.478 e. The maximum atomic E-state index is 13.4. The Balaban J connectivity index is 1.97. The van der Waals surface area contributed by atoms with E-state index in [1.165, 1.54) is 18.2 Å². The maximum absolute atomic E-state index is 13.4. The summed E-state index contributed by atoms with van der Waals surface area (Å²) in [6.45, 7) is 0. The number of esters is 2. The standard InChI is InChI=1S/C27H23N3O10/c1-39-26(35)16-11-17(27(36)40-2)13-18(12-16)28-24(32)22(10-15-6-4-3-5-7-15)29-23(31)20-9-8-19(30(37)38)14-21(20)25(33)34/h3-9,11-14,22H,10H2,1-2H3,(H,28,32)(H,29,31)(H,33,34)/t22-/m0/s1. The highest BCUT2D eigenvalue weighted by Gasteiger charge is 2.27. The second-order valence-electron chi connectivity index (χ2n) is 8.28. The van der Waals surface area contributed by atoms with Gasteiger partial charge in [-0.2, -0.15) is 0 Å². The number of hydrogen-bond donors (Lipinski definition) is 3. The monoisotopic (exact) mass is 549 g/mol. The van der Waals surface area contributed by atoms with Gasteiger partial charge < -0.3 is 25.2 Å². The second kappa shape index (κ2) is 12.8. The number of anilines is 1. The number of benzene rings is 3. The number of carboxylic acid groups (broad SMARTS) is 1. The summed E-state index contributed by atoms with van der Waals surface area (Å²) in [5.74, 6) is -4.88. The average Bonchev–Trinajstić information content (AvgIpc) is 2.95. The number of carboxylic acids is 1. The summed E-state index contributed by atoms with van der Waals surface area (Å²) in [6, 6.07) is 13.7. The van der Waals surface area contributed by atoms with Crippen LogP contribution in [0.3, 0.4) is 0 Å². The van der Waals surface area contributed by atoms with Crippen molar-refractivity contribution in [2.24, 2.45) is 0 Å². The zero-order chi connectivity index (χ0) is 29.4. The number of nitrogens with zero attached hydrogens (tertiary/aromatic N) is 1. The molecule has 1 atom stereocenters. The molecule has 0 radical (unpaired) electrons. The Morgan fingerprint density at radius 3 is 2.00 bits per heavy atom. The van der Waals surface area contributed by atoms with E-state index < -0.39 is 57.5 Å². The largest absolute Gasteiger partial charge is 0.478 e. The van der Waals surface area contributed by atoms with E-state index in [-0.39, 0.29) is 23.2 Å². The molecular weight excluding hydrogens is 526 g/mol. The topological polar surface area (TPSA) is 191 Å². The molecule has 206 valence electrons. The van der Waals surface area contributed by atoms with Gasteiger partial charge in [0.2, 0.25) is 5.91 Å². The SMILES string of the molecule is COC(=O)c1cc(NC(=O)[C@H](Cc2ccccc2)NC(=O)c2ccc([N+](=O)[O-])cc2C(=O)O)cc(C(=O)OC)c1. The number of nitrogens with one attached hydrogen (secondary N) is 2. The molecule has 13 heteroatoms. The lowest BCUT2D eigenvalue weighted by molar-refractivity contribution is -0.384. The molecule has 0 heterocycles. The molecule has 0 saturated carbocycles. The van der Waals surface area contributed by atoms with E-state index in [0.29, 0.717) is 5.56 Å². The molecule has 0 aliphatic heterocycles. The number of ether oxygens (including phenoxy) is 2. The van der Waals surface area contributed by atoms with Crippen LogP contribution in [0.2, 0.25) is 0 Å². The molecule has 0 bridgehead atoms. The van der Waals surface area contributed by atoms with Crippen LogP contribution in [0.1, 0.15) is 47.0 Å². The summed E-state index contributed by atoms with van der Waals surface area (Å²) < 4.78 is 9.39. The van der Waals surface area contributed by atoms with Crippen molar-refractivity contribution in [3.8, 4) is 0 Å². The zero-order valence-corrected chi connectivity index (χ0v) is 21.2. The van der Waals surface area contributed by atoms with Crippen molar-refractivity contribution < 1.29 is 43.5 Å². The Morgan fingerprint density at radius 1 is 0.875 bits per heavy atom. The maximum Gasteiger partial charge on any atom is 0.337 e. The molecule has 0 spiro atoms. The van der Waals surface area contributed by atoms with Crippen LogP contribution in [-0.2, 0) is 20.7 Å². The van der Waals surface area contributed by atoms with Crippen molar-refractivity contribution in [2.45, 2.75) is 12.5 Å². The molecular formula is C27H23N3O10. The number of non-ortho nitro benzene ring substituents is 1. The first kappa shape index (κ1) is 29.0. The van der Waals surface area contributed by atoms with Crippen LogP contribution in [0.15, 0.2) is 66.7 Å². The predicted octanol–water partition coefficient (Wildman–Crippen LogP) is 2.85. The molecule has 3 aromatic rings. The molecule has 2 amide bonds. The van der Waals surface area contributed by atoms with Gasteiger partial charge in [0.1, 0.15) is 6.04 Å². The Bertz CT molecular complexity index is 1450. The highest BCUT2D eigenvalue weighted by molar-refractivity contribution is 6.08. The highest BCUT2D eigenvalue weighted by Crippen LogP contribution is 2.20. The highest BCUT2D eigenvalue weighted by atomic mass is 16.6. The number of carbonyl (C=O) groups excluding carboxylic acids is 4. The molecule has 0 unspecified atom stereocenters. The van der Waals surface area contributed by atoms with Crippen molar-refractivity contribution in [3.63, 3.8) is 0 Å². The normalized spacial score (nSPS) is 11.1. The Labute approximate surface area is 226 Å². The number of nitro benzene ring substituents is 1. The number of methoxy groups -OCH3 is 2. The summed E-state index contributed by atoms with van der Waals surface area (Å²) in [6.07, 6.45) is -0.0334. The number of nitro groups is 1. The molecule has 40 heavy (non-hydrogen) atoms. The number of hydrogen-bond acceptors (Lipinski definition) is 9. The summed E-state index contributed by atoms with van der Waals surface area (Å²) in [4.78, 5) is 72.7. The zero-order valence-electron chi connectivity index (χ0n) is 21.2. The lowest BCUT2D eigenvalue weighted by Crippen LogP contribution is -2.45. The molecule has 0 fully saturated rings. The summed E-state index contributed by atoms with van der Waals surface area (Å²) in [7, 11) is 2.28. The third kappa shape index (κ3) is 7.04. The number of carbonyl (C=O) groups is 5. The van der Waals surface area contributed by atoms with Crippen LogP contribution in [0.5, 0.6) is 0 Å². The van der Waals surface area contributed by atoms with Crippen LogP contribution in [0.25, 0.3) is 0 Å². The molecule has 3 rings (SSSR count). The minimum atomic E-state index is -1.58. The van der Waals surface area contributed by atoms with E-state index in [0.717, 1.165) is 32.4 Å². The van der Waals surface area contributed by atoms with E-state index in [1.807, 2.05) is 0 Å². The first-order valence-corrected chi connectivity index (χ1v) is 11.5. The van der Waals surface area contributed by atoms with E-state index in [9.17, 15) is 39.2 Å². The van der Waals surface area contributed by atoms with Crippen molar-refractivity contribution in [3.05, 3.63) is 105 Å². The van der Waals surface area contributed by atoms with Crippen molar-refractivity contribution in [1.29, 1.82) is 0 Å². The molecule has 0 aliphatic carbocycles. The molecule has 0 saturated heterocycles. The van der Waals surface area contributed by atoms with Gasteiger partial charge in [-0.1, -0.05) is 30.3 Å². The molecule has 0 aliphatic rings. The van der Waals surface area contributed by atoms with E-state index in [1.54, 1.807) is 30.3 Å². The smallest absolute Gasteiger partial charge is 0.337 e. The van der Waals surface area contributed by atoms with Crippen LogP contribution in [0.4, 0.5) is 11.4 Å². The fraction of sp³-hybridized carbons (Fsp3) is 0.148. The van der Waals surface area contributed by atoms with Crippen LogP contribution in [0, 0.1) is 10.1 Å². The lowest BCUT2D eigenvalue weighted by atomic mass is 10.0. The molecule has 13 nitrogen and oxygen atoms in total. The van der Waals surface area contributed by atoms with Gasteiger partial charge in [-0.25, -0.2) is 14.4 Å². The molecule has 0 aromatic heterocycles. The van der Waals surface area contributed by atoms with Gasteiger partial charge in [-0.05, 0) is 29.8 Å². The van der Waals surface area contributed by atoms with Crippen molar-refractivity contribution >= 4 is 41.1 Å². The van der Waals surface area contributed by atoms with Crippen molar-refractivity contribution in [2.75, 3.05) is 19.5 Å². The van der Waals surface area contributed by atoms with Gasteiger partial charge in [-0.3, -0.25) is 19.7 Å². The fourth-order valence-corrected chi connectivity index (χ4v) is 3.72. The summed E-state index contributed by atoms with van der Waals surface area (Å²) in [5, 5.41) is 25.6. The first-order chi connectivity index (χ1) is 19.0. The van der Waals surface area contributed by atoms with E-state index >= 15 is 0 Å². The summed E-state index contributed by atoms with van der Waals surface area (Å²) >= 11 is 0. The van der Waals surface area contributed by atoms with Gasteiger partial charge in [0.25, 0.3) is 11.6 Å². The predicted molar refractivity (Wildman–Crippen MR) is 139 cm³/mol. The number of aromatic carboxylic acids is 1. The average molecular weight is 549 g/mol. The Morgan fingerprint density at radius 2 is 1.48 bits per heavy atom. The second-order valence-corrected chi connectivity index (χ2v) is 8.28. The Kier molecular flexibility index (Phi) is 9.25. The van der Waals surface area contributed by atoms with Gasteiger partial charge in [0.15, 0.2) is 0 Å². The molecule has 3 N–H and O–H groups in total. The number of amides is 2. The van der Waals surface area contributed by atoms with Gasteiger partial charge >= 0.3 is 17.9 Å². The lowest BCUT2D eigenvalue weighted by Gasteiger charge is -2.20. The Hall–Kier alpha value is -5.59.